The minimum atomic E-state index is -0.0955. The molecule has 0 N–H and O–H groups in total. The van der Waals surface area contributed by atoms with Crippen LogP contribution in [-0.4, -0.2) is 34.0 Å². The minimum Gasteiger partial charge on any atom is -0.466 e. The molecule has 4 nitrogen and oxygen atoms in total. The molecule has 0 aromatic heterocycles. The molecule has 0 aliphatic carbocycles. The van der Waals surface area contributed by atoms with Crippen molar-refractivity contribution < 1.29 is 19.1 Å². The second-order valence-corrected chi connectivity index (χ2v) is 5.00. The number of rotatable bonds is 7. The first kappa shape index (κ1) is 19.7. The Morgan fingerprint density at radius 1 is 0.882 bits per heavy atom. The van der Waals surface area contributed by atoms with E-state index < -0.39 is 0 Å². The van der Waals surface area contributed by atoms with Crippen LogP contribution in [-0.2, 0) is 19.1 Å². The fraction of sp³-hybridized carbons (Fsp3) is 0.818. The Balaban J connectivity index is 0. The SMILES string of the molecule is CCOC(=O)CCCI.CCOC(=O)CCI. The van der Waals surface area contributed by atoms with E-state index in [4.69, 9.17) is 4.74 Å². The van der Waals surface area contributed by atoms with Crippen LogP contribution < -0.4 is 0 Å². The molecule has 0 aromatic rings. The van der Waals surface area contributed by atoms with Gasteiger partial charge in [0.1, 0.15) is 0 Å². The van der Waals surface area contributed by atoms with Crippen LogP contribution >= 0.6 is 45.2 Å². The van der Waals surface area contributed by atoms with E-state index in [0.29, 0.717) is 26.1 Å². The number of ether oxygens (including phenoxy) is 2. The topological polar surface area (TPSA) is 52.6 Å². The highest BCUT2D eigenvalue weighted by Crippen LogP contribution is 1.96. The van der Waals surface area contributed by atoms with Gasteiger partial charge in [-0.15, -0.1) is 0 Å². The summed E-state index contributed by atoms with van der Waals surface area (Å²) in [6.07, 6.45) is 2.03. The van der Waals surface area contributed by atoms with Gasteiger partial charge in [0, 0.05) is 15.3 Å². The first-order chi connectivity index (χ1) is 8.12. The summed E-state index contributed by atoms with van der Waals surface area (Å²) >= 11 is 4.38. The largest absolute Gasteiger partial charge is 0.466 e. The van der Waals surface area contributed by atoms with Gasteiger partial charge in [-0.05, 0) is 20.3 Å². The summed E-state index contributed by atoms with van der Waals surface area (Å²) in [5.41, 5.74) is 0. The predicted octanol–water partition coefficient (Wildman–Crippen LogP) is 3.14. The number of carbonyl (C=O) groups is 2. The molecule has 6 heteroatoms. The van der Waals surface area contributed by atoms with Crippen LogP contribution in [0.1, 0.15) is 33.1 Å². The number of hydrogen-bond acceptors (Lipinski definition) is 4. The summed E-state index contributed by atoms with van der Waals surface area (Å²) in [7, 11) is 0. The van der Waals surface area contributed by atoms with E-state index in [0.717, 1.165) is 15.3 Å². The molecule has 0 bridgehead atoms. The summed E-state index contributed by atoms with van der Waals surface area (Å²) in [5.74, 6) is -0.170. The molecule has 0 rings (SSSR count). The Kier molecular flexibility index (Phi) is 19.0. The number of hydrogen-bond donors (Lipinski definition) is 0. The maximum absolute atomic E-state index is 10.6. The highest BCUT2D eigenvalue weighted by molar-refractivity contribution is 14.1. The van der Waals surface area contributed by atoms with Gasteiger partial charge in [-0.1, -0.05) is 45.2 Å². The molecule has 0 unspecified atom stereocenters. The van der Waals surface area contributed by atoms with E-state index in [-0.39, 0.29) is 11.9 Å². The van der Waals surface area contributed by atoms with Gasteiger partial charge in [0.2, 0.25) is 0 Å². The monoisotopic (exact) mass is 470 g/mol. The maximum atomic E-state index is 10.6. The molecule has 0 saturated heterocycles. The lowest BCUT2D eigenvalue weighted by molar-refractivity contribution is -0.143. The predicted molar refractivity (Wildman–Crippen MR) is 84.9 cm³/mol. The van der Waals surface area contributed by atoms with Crippen molar-refractivity contribution in [3.8, 4) is 0 Å². The molecule has 0 spiro atoms. The smallest absolute Gasteiger partial charge is 0.306 e. The van der Waals surface area contributed by atoms with Crippen molar-refractivity contribution >= 4 is 57.1 Å². The van der Waals surface area contributed by atoms with Gasteiger partial charge >= 0.3 is 11.9 Å². The molecule has 0 heterocycles. The lowest BCUT2D eigenvalue weighted by atomic mass is 10.3. The Labute approximate surface area is 130 Å². The first-order valence-electron chi connectivity index (χ1n) is 5.55. The van der Waals surface area contributed by atoms with Crippen LogP contribution in [0, 0.1) is 0 Å². The fourth-order valence-electron chi connectivity index (χ4n) is 0.755. The molecule has 0 fully saturated rings. The summed E-state index contributed by atoms with van der Waals surface area (Å²) in [5, 5.41) is 0. The summed E-state index contributed by atoms with van der Waals surface area (Å²) in [4.78, 5) is 21.0. The van der Waals surface area contributed by atoms with Gasteiger partial charge in [0.05, 0.1) is 19.6 Å². The van der Waals surface area contributed by atoms with E-state index in [9.17, 15) is 9.59 Å². The third kappa shape index (κ3) is 18.9. The zero-order chi connectivity index (χ0) is 13.5. The van der Waals surface area contributed by atoms with E-state index >= 15 is 0 Å². The van der Waals surface area contributed by atoms with Crippen LogP contribution in [0.2, 0.25) is 0 Å². The number of esters is 2. The molecular formula is C11H20I2O4. The van der Waals surface area contributed by atoms with Gasteiger partial charge < -0.3 is 9.47 Å². The van der Waals surface area contributed by atoms with Crippen LogP contribution in [0.5, 0.6) is 0 Å². The van der Waals surface area contributed by atoms with Crippen molar-refractivity contribution in [2.45, 2.75) is 33.1 Å². The lowest BCUT2D eigenvalue weighted by Gasteiger charge is -1.97. The number of alkyl halides is 2. The second kappa shape index (κ2) is 16.4. The van der Waals surface area contributed by atoms with E-state index in [1.54, 1.807) is 0 Å². The normalized spacial score (nSPS) is 8.94. The van der Waals surface area contributed by atoms with Crippen molar-refractivity contribution in [2.75, 3.05) is 22.1 Å². The highest BCUT2D eigenvalue weighted by Gasteiger charge is 1.98. The van der Waals surface area contributed by atoms with E-state index in [1.807, 2.05) is 13.8 Å². The third-order valence-corrected chi connectivity index (χ3v) is 2.73. The molecule has 0 aliphatic rings. The van der Waals surface area contributed by atoms with Crippen molar-refractivity contribution in [3.63, 3.8) is 0 Å². The summed E-state index contributed by atoms with van der Waals surface area (Å²) < 4.78 is 11.2. The number of carbonyl (C=O) groups excluding carboxylic acids is 2. The Morgan fingerprint density at radius 3 is 1.71 bits per heavy atom. The van der Waals surface area contributed by atoms with Gasteiger partial charge in [-0.2, -0.15) is 0 Å². The lowest BCUT2D eigenvalue weighted by Crippen LogP contribution is -2.03. The van der Waals surface area contributed by atoms with Gasteiger partial charge in [0.15, 0.2) is 0 Å². The zero-order valence-corrected chi connectivity index (χ0v) is 14.7. The Hall–Kier alpha value is 0.400. The van der Waals surface area contributed by atoms with E-state index in [1.165, 1.54) is 0 Å². The molecule has 102 valence electrons. The van der Waals surface area contributed by atoms with Gasteiger partial charge in [-0.3, -0.25) is 9.59 Å². The quantitative estimate of drug-likeness (QED) is 0.326. The minimum absolute atomic E-state index is 0.0748. The van der Waals surface area contributed by atoms with E-state index in [2.05, 4.69) is 49.9 Å². The fourth-order valence-corrected chi connectivity index (χ4v) is 1.58. The molecule has 17 heavy (non-hydrogen) atoms. The van der Waals surface area contributed by atoms with Crippen molar-refractivity contribution in [2.24, 2.45) is 0 Å². The summed E-state index contributed by atoms with van der Waals surface area (Å²) in [6.45, 7) is 4.63. The molecule has 0 radical (unpaired) electrons. The average molecular weight is 470 g/mol. The van der Waals surface area contributed by atoms with Crippen molar-refractivity contribution in [1.82, 2.24) is 0 Å². The van der Waals surface area contributed by atoms with Crippen LogP contribution in [0.15, 0.2) is 0 Å². The summed E-state index contributed by atoms with van der Waals surface area (Å²) in [6, 6.07) is 0. The second-order valence-electron chi connectivity index (χ2n) is 2.84. The molecule has 0 amide bonds. The molecule has 0 aliphatic heterocycles. The standard InChI is InChI=1S/C6H11IO2.C5H9IO2/c1-2-9-6(8)4-3-5-7;1-2-8-5(7)3-4-6/h2-5H2,1H3;2-4H2,1H3. The van der Waals surface area contributed by atoms with Crippen LogP contribution in [0.3, 0.4) is 0 Å². The zero-order valence-electron chi connectivity index (χ0n) is 10.3. The maximum Gasteiger partial charge on any atom is 0.306 e. The van der Waals surface area contributed by atoms with Gasteiger partial charge in [0.25, 0.3) is 0 Å². The molecule has 0 aromatic carbocycles. The molecule has 0 atom stereocenters. The molecule has 0 saturated carbocycles. The third-order valence-electron chi connectivity index (χ3n) is 1.42. The van der Waals surface area contributed by atoms with Crippen LogP contribution in [0.4, 0.5) is 0 Å². The number of halogens is 2. The highest BCUT2D eigenvalue weighted by atomic mass is 127. The average Bonchev–Trinajstić information content (AvgIpc) is 2.28. The van der Waals surface area contributed by atoms with Gasteiger partial charge in [-0.25, -0.2) is 0 Å². The van der Waals surface area contributed by atoms with Crippen LogP contribution in [0.25, 0.3) is 0 Å². The van der Waals surface area contributed by atoms with Crippen molar-refractivity contribution in [3.05, 3.63) is 0 Å². The molecular weight excluding hydrogens is 450 g/mol. The Morgan fingerprint density at radius 2 is 1.35 bits per heavy atom. The van der Waals surface area contributed by atoms with Crippen molar-refractivity contribution in [1.29, 1.82) is 0 Å². The first-order valence-corrected chi connectivity index (χ1v) is 8.60. The Bertz CT molecular complexity index is 190.